The van der Waals surface area contributed by atoms with Crippen molar-refractivity contribution in [1.29, 1.82) is 0 Å². The Morgan fingerprint density at radius 3 is 1.19 bits per heavy atom. The molecule has 0 spiro atoms. The van der Waals surface area contributed by atoms with E-state index in [2.05, 4.69) is 0 Å². The van der Waals surface area contributed by atoms with Gasteiger partial charge in [-0.15, -0.1) is 0 Å². The maximum atomic E-state index is 11.5. The third-order valence-corrected chi connectivity index (χ3v) is 5.38. The number of rotatable bonds is 11. The molecule has 0 fully saturated rings. The monoisotopic (exact) mass is 380 g/mol. The molecule has 0 saturated heterocycles. The molecule has 0 radical (unpaired) electrons. The van der Waals surface area contributed by atoms with Crippen molar-refractivity contribution in [3.63, 3.8) is 0 Å². The SMILES string of the molecule is CCCC(CC)(CC)C(C=C(C)C(=O)O)(C=C(C)C(=O)O)C=C(C)C(=O)O. The molecular weight excluding hydrogens is 348 g/mol. The molecule has 3 N–H and O–H groups in total. The van der Waals surface area contributed by atoms with Crippen LogP contribution in [0.4, 0.5) is 0 Å². The minimum atomic E-state index is -1.15. The van der Waals surface area contributed by atoms with Crippen molar-refractivity contribution in [2.24, 2.45) is 10.8 Å². The second-order valence-corrected chi connectivity index (χ2v) is 7.07. The molecule has 0 aromatic rings. The molecule has 0 atom stereocenters. The topological polar surface area (TPSA) is 112 Å². The average molecular weight is 380 g/mol. The van der Waals surface area contributed by atoms with E-state index in [9.17, 15) is 29.7 Å². The van der Waals surface area contributed by atoms with Crippen LogP contribution in [0, 0.1) is 10.8 Å². The predicted molar refractivity (Wildman–Crippen MR) is 105 cm³/mol. The van der Waals surface area contributed by atoms with Gasteiger partial charge in [0.2, 0.25) is 0 Å². The Labute approximate surface area is 161 Å². The van der Waals surface area contributed by atoms with Crippen LogP contribution < -0.4 is 0 Å². The molecule has 6 heteroatoms. The first kappa shape index (κ1) is 24.6. The van der Waals surface area contributed by atoms with Crippen molar-refractivity contribution in [2.75, 3.05) is 0 Å². The highest BCUT2D eigenvalue weighted by Crippen LogP contribution is 2.53. The van der Waals surface area contributed by atoms with Gasteiger partial charge in [-0.3, -0.25) is 0 Å². The van der Waals surface area contributed by atoms with Crippen LogP contribution >= 0.6 is 0 Å². The maximum Gasteiger partial charge on any atom is 0.330 e. The molecule has 27 heavy (non-hydrogen) atoms. The molecule has 0 aliphatic carbocycles. The van der Waals surface area contributed by atoms with Crippen LogP contribution in [0.3, 0.4) is 0 Å². The number of carboxylic acid groups (broad SMARTS) is 3. The normalized spacial score (nSPS) is 16.0. The molecule has 0 rings (SSSR count). The van der Waals surface area contributed by atoms with E-state index in [0.29, 0.717) is 19.3 Å². The van der Waals surface area contributed by atoms with Crippen LogP contribution in [0.5, 0.6) is 0 Å². The summed E-state index contributed by atoms with van der Waals surface area (Å²) in [6.45, 7) is 10.2. The van der Waals surface area contributed by atoms with Gasteiger partial charge in [0.05, 0.1) is 0 Å². The van der Waals surface area contributed by atoms with Gasteiger partial charge in [-0.25, -0.2) is 14.4 Å². The smallest absolute Gasteiger partial charge is 0.330 e. The van der Waals surface area contributed by atoms with Gasteiger partial charge >= 0.3 is 17.9 Å². The molecule has 0 aliphatic heterocycles. The molecule has 6 nitrogen and oxygen atoms in total. The van der Waals surface area contributed by atoms with Crippen LogP contribution in [0.1, 0.15) is 67.2 Å². The molecule has 0 unspecified atom stereocenters. The summed E-state index contributed by atoms with van der Waals surface area (Å²) >= 11 is 0. The van der Waals surface area contributed by atoms with E-state index in [4.69, 9.17) is 0 Å². The second kappa shape index (κ2) is 10.1. The van der Waals surface area contributed by atoms with Crippen LogP contribution in [0.15, 0.2) is 34.9 Å². The minimum Gasteiger partial charge on any atom is -0.478 e. The lowest BCUT2D eigenvalue weighted by Crippen LogP contribution is -2.39. The summed E-state index contributed by atoms with van der Waals surface area (Å²) in [7, 11) is 0. The lowest BCUT2D eigenvalue weighted by molar-refractivity contribution is -0.133. The molecule has 0 aliphatic rings. The lowest BCUT2D eigenvalue weighted by Gasteiger charge is -2.47. The van der Waals surface area contributed by atoms with Crippen LogP contribution in [0.2, 0.25) is 0 Å². The van der Waals surface area contributed by atoms with Gasteiger partial charge < -0.3 is 15.3 Å². The van der Waals surface area contributed by atoms with Gasteiger partial charge in [0.1, 0.15) is 0 Å². The van der Waals surface area contributed by atoms with Gasteiger partial charge in [-0.1, -0.05) is 45.4 Å². The first-order chi connectivity index (χ1) is 12.4. The zero-order chi connectivity index (χ0) is 21.4. The highest BCUT2D eigenvalue weighted by Gasteiger charge is 2.45. The summed E-state index contributed by atoms with van der Waals surface area (Å²) in [4.78, 5) is 34.6. The minimum absolute atomic E-state index is 0.0428. The summed E-state index contributed by atoms with van der Waals surface area (Å²) < 4.78 is 0. The second-order valence-electron chi connectivity index (χ2n) is 7.07. The Hall–Kier alpha value is -2.37. The Balaban J connectivity index is 7.32. The van der Waals surface area contributed by atoms with E-state index in [0.717, 1.165) is 6.42 Å². The number of hydrogen-bond donors (Lipinski definition) is 3. The molecule has 0 saturated carbocycles. The van der Waals surface area contributed by atoms with Crippen molar-refractivity contribution >= 4 is 17.9 Å². The molecule has 0 amide bonds. The highest BCUT2D eigenvalue weighted by molar-refractivity contribution is 5.89. The van der Waals surface area contributed by atoms with Crippen molar-refractivity contribution in [1.82, 2.24) is 0 Å². The van der Waals surface area contributed by atoms with Gasteiger partial charge in [0.25, 0.3) is 0 Å². The van der Waals surface area contributed by atoms with E-state index in [1.165, 1.54) is 39.0 Å². The maximum absolute atomic E-state index is 11.5. The van der Waals surface area contributed by atoms with Crippen molar-refractivity contribution in [2.45, 2.75) is 67.2 Å². The fraction of sp³-hybridized carbons (Fsp3) is 0.571. The lowest BCUT2D eigenvalue weighted by atomic mass is 9.56. The van der Waals surface area contributed by atoms with E-state index >= 15 is 0 Å². The number of carboxylic acids is 3. The molecule has 0 aromatic carbocycles. The van der Waals surface area contributed by atoms with Crippen LogP contribution in [-0.2, 0) is 14.4 Å². The molecule has 152 valence electrons. The Kier molecular flexibility index (Phi) is 9.21. The van der Waals surface area contributed by atoms with Gasteiger partial charge in [0.15, 0.2) is 0 Å². The Bertz CT molecular complexity index is 588. The van der Waals surface area contributed by atoms with Crippen molar-refractivity contribution in [3.05, 3.63) is 34.9 Å². The van der Waals surface area contributed by atoms with Gasteiger partial charge in [-0.05, 0) is 45.4 Å². The zero-order valence-electron chi connectivity index (χ0n) is 17.1. The van der Waals surface area contributed by atoms with Gasteiger partial charge in [-0.2, -0.15) is 0 Å². The standard InChI is InChI=1S/C21H32O6/c1-7-10-20(8-2,9-3)21(11-14(4)17(22)23,12-15(5)18(24)25)13-16(6)19(26)27/h11-13H,7-10H2,1-6H3,(H,22,23)(H,24,25)(H,26,27). The third-order valence-electron chi connectivity index (χ3n) is 5.38. The third kappa shape index (κ3) is 5.81. The number of carbonyl (C=O) groups is 3. The van der Waals surface area contributed by atoms with Crippen LogP contribution in [0.25, 0.3) is 0 Å². The summed E-state index contributed by atoms with van der Waals surface area (Å²) in [5.41, 5.74) is -1.55. The van der Waals surface area contributed by atoms with Crippen LogP contribution in [-0.4, -0.2) is 33.2 Å². The van der Waals surface area contributed by atoms with Gasteiger partial charge in [0, 0.05) is 22.1 Å². The fourth-order valence-corrected chi connectivity index (χ4v) is 3.76. The predicted octanol–water partition coefficient (Wildman–Crippen LogP) is 4.67. The van der Waals surface area contributed by atoms with Crippen molar-refractivity contribution < 1.29 is 29.7 Å². The first-order valence-electron chi connectivity index (χ1n) is 9.20. The summed E-state index contributed by atoms with van der Waals surface area (Å²) in [6, 6.07) is 0. The van der Waals surface area contributed by atoms with E-state index in [1.807, 2.05) is 20.8 Å². The number of aliphatic carboxylic acids is 3. The zero-order valence-corrected chi connectivity index (χ0v) is 17.1. The largest absolute Gasteiger partial charge is 0.478 e. The van der Waals surface area contributed by atoms with E-state index in [-0.39, 0.29) is 16.7 Å². The number of hydrogen-bond acceptors (Lipinski definition) is 3. The van der Waals surface area contributed by atoms with E-state index in [1.54, 1.807) is 0 Å². The first-order valence-corrected chi connectivity index (χ1v) is 9.20. The Morgan fingerprint density at radius 2 is 1.00 bits per heavy atom. The average Bonchev–Trinajstić information content (AvgIpc) is 2.58. The number of allylic oxidation sites excluding steroid dienone is 3. The van der Waals surface area contributed by atoms with Crippen molar-refractivity contribution in [3.8, 4) is 0 Å². The molecule has 0 aromatic heterocycles. The fourth-order valence-electron chi connectivity index (χ4n) is 3.76. The molecular formula is C21H32O6. The molecule has 0 bridgehead atoms. The Morgan fingerprint density at radius 1 is 0.704 bits per heavy atom. The highest BCUT2D eigenvalue weighted by atomic mass is 16.4. The summed E-state index contributed by atoms with van der Waals surface area (Å²) in [5, 5.41) is 28.3. The summed E-state index contributed by atoms with van der Waals surface area (Å²) in [5.74, 6) is -3.38. The summed E-state index contributed by atoms with van der Waals surface area (Å²) in [6.07, 6.45) is 7.28. The molecule has 0 heterocycles. The quantitative estimate of drug-likeness (QED) is 0.449. The van der Waals surface area contributed by atoms with E-state index < -0.39 is 28.7 Å².